The van der Waals surface area contributed by atoms with Crippen LogP contribution >= 0.6 is 27.5 Å². The number of aliphatic carboxylic acids is 1. The smallest absolute Gasteiger partial charge is 0.311 e. The highest BCUT2D eigenvalue weighted by atomic mass is 79.9. The van der Waals surface area contributed by atoms with Crippen molar-refractivity contribution in [1.82, 2.24) is 0 Å². The monoisotopic (exact) mass is 322 g/mol. The number of hydrogen-bond acceptors (Lipinski definition) is 1. The molecule has 1 unspecified atom stereocenters. The summed E-state index contributed by atoms with van der Waals surface area (Å²) in [5.74, 6) is -2.50. The third kappa shape index (κ3) is 3.42. The topological polar surface area (TPSA) is 37.3 Å². The molecule has 0 spiro atoms. The summed E-state index contributed by atoms with van der Waals surface area (Å²) in [6.07, 6.45) is 2.03. The van der Waals surface area contributed by atoms with E-state index in [0.29, 0.717) is 10.9 Å². The van der Waals surface area contributed by atoms with Crippen LogP contribution in [-0.2, 0) is 4.79 Å². The maximum Gasteiger partial charge on any atom is 0.311 e. The minimum Gasteiger partial charge on any atom is -0.481 e. The van der Waals surface area contributed by atoms with Crippen molar-refractivity contribution >= 4 is 33.5 Å². The Balaban J connectivity index is 3.10. The van der Waals surface area contributed by atoms with Crippen LogP contribution in [0, 0.1) is 5.82 Å². The van der Waals surface area contributed by atoms with Gasteiger partial charge in [-0.25, -0.2) is 4.39 Å². The Kier molecular flexibility index (Phi) is 5.40. The molecule has 0 aliphatic carbocycles. The van der Waals surface area contributed by atoms with Crippen molar-refractivity contribution in [3.8, 4) is 0 Å². The Morgan fingerprint density at radius 1 is 1.59 bits per heavy atom. The molecule has 1 aromatic rings. The van der Waals surface area contributed by atoms with Crippen LogP contribution in [0.2, 0.25) is 5.02 Å². The van der Waals surface area contributed by atoms with Crippen LogP contribution in [0.4, 0.5) is 4.39 Å². The van der Waals surface area contributed by atoms with Crippen LogP contribution in [-0.4, -0.2) is 11.1 Å². The molecule has 0 saturated heterocycles. The van der Waals surface area contributed by atoms with Gasteiger partial charge in [-0.15, -0.1) is 0 Å². The average molecular weight is 324 g/mol. The highest BCUT2D eigenvalue weighted by Crippen LogP contribution is 2.33. The lowest BCUT2D eigenvalue weighted by molar-refractivity contribution is -0.139. The van der Waals surface area contributed by atoms with Crippen LogP contribution < -0.4 is 0 Å². The fourth-order valence-corrected chi connectivity index (χ4v) is 2.11. The SMILES string of the molecule is CCCCC(C(=O)O)c1ccc(Br)c(Cl)c1F. The van der Waals surface area contributed by atoms with Gasteiger partial charge in [0.1, 0.15) is 5.82 Å². The molecule has 1 rings (SSSR count). The highest BCUT2D eigenvalue weighted by Gasteiger charge is 2.24. The fourth-order valence-electron chi connectivity index (χ4n) is 1.63. The van der Waals surface area contributed by atoms with E-state index in [0.717, 1.165) is 12.8 Å². The highest BCUT2D eigenvalue weighted by molar-refractivity contribution is 9.10. The summed E-state index contributed by atoms with van der Waals surface area (Å²) < 4.78 is 14.3. The lowest BCUT2D eigenvalue weighted by Crippen LogP contribution is -2.13. The molecule has 0 aromatic heterocycles. The average Bonchev–Trinajstić information content (AvgIpc) is 2.28. The van der Waals surface area contributed by atoms with Crippen molar-refractivity contribution in [2.45, 2.75) is 32.1 Å². The summed E-state index contributed by atoms with van der Waals surface area (Å²) in [4.78, 5) is 11.1. The van der Waals surface area contributed by atoms with Crippen LogP contribution in [0.3, 0.4) is 0 Å². The molecule has 0 saturated carbocycles. The summed E-state index contributed by atoms with van der Waals surface area (Å²) in [5.41, 5.74) is 0.152. The number of rotatable bonds is 5. The van der Waals surface area contributed by atoms with Crippen LogP contribution in [0.15, 0.2) is 16.6 Å². The Morgan fingerprint density at radius 3 is 2.76 bits per heavy atom. The molecule has 1 atom stereocenters. The van der Waals surface area contributed by atoms with E-state index in [1.54, 1.807) is 6.07 Å². The number of halogens is 3. The summed E-state index contributed by atoms with van der Waals surface area (Å²) in [5, 5.41) is 9.05. The van der Waals surface area contributed by atoms with E-state index in [1.165, 1.54) is 6.07 Å². The molecule has 0 radical (unpaired) electrons. The lowest BCUT2D eigenvalue weighted by atomic mass is 9.93. The molecule has 0 amide bonds. The minimum atomic E-state index is -1.02. The standard InChI is InChI=1S/C12H13BrClFO2/c1-2-3-4-8(12(16)17)7-5-6-9(13)10(14)11(7)15/h5-6,8H,2-4H2,1H3,(H,16,17). The number of hydrogen-bond donors (Lipinski definition) is 1. The molecule has 1 N–H and O–H groups in total. The van der Waals surface area contributed by atoms with Crippen molar-refractivity contribution < 1.29 is 14.3 Å². The molecule has 94 valence electrons. The van der Waals surface area contributed by atoms with E-state index >= 15 is 0 Å². The molecule has 1 aromatic carbocycles. The van der Waals surface area contributed by atoms with Crippen molar-refractivity contribution in [3.05, 3.63) is 33.0 Å². The zero-order chi connectivity index (χ0) is 13.0. The first kappa shape index (κ1) is 14.5. The maximum absolute atomic E-state index is 13.9. The molecule has 0 bridgehead atoms. The molecule has 17 heavy (non-hydrogen) atoms. The van der Waals surface area contributed by atoms with Gasteiger partial charge < -0.3 is 5.11 Å². The zero-order valence-electron chi connectivity index (χ0n) is 9.34. The second-order valence-corrected chi connectivity index (χ2v) is 5.03. The number of unbranched alkanes of at least 4 members (excludes halogenated alkanes) is 1. The van der Waals surface area contributed by atoms with E-state index in [9.17, 15) is 9.18 Å². The number of benzene rings is 1. The molecular formula is C12H13BrClFO2. The Labute approximate surface area is 113 Å². The van der Waals surface area contributed by atoms with Gasteiger partial charge in [-0.3, -0.25) is 4.79 Å². The van der Waals surface area contributed by atoms with Crippen LogP contribution in [0.1, 0.15) is 37.7 Å². The lowest BCUT2D eigenvalue weighted by Gasteiger charge is -2.14. The minimum absolute atomic E-state index is 0.0646. The molecule has 2 nitrogen and oxygen atoms in total. The van der Waals surface area contributed by atoms with Crippen molar-refractivity contribution in [1.29, 1.82) is 0 Å². The largest absolute Gasteiger partial charge is 0.481 e. The Bertz CT molecular complexity index is 423. The number of carboxylic acid groups (broad SMARTS) is 1. The molecule has 0 aliphatic rings. The summed E-state index contributed by atoms with van der Waals surface area (Å²) >= 11 is 8.85. The van der Waals surface area contributed by atoms with Gasteiger partial charge in [0.2, 0.25) is 0 Å². The quantitative estimate of drug-likeness (QED) is 0.804. The fraction of sp³-hybridized carbons (Fsp3) is 0.417. The van der Waals surface area contributed by atoms with E-state index in [1.807, 2.05) is 6.92 Å². The summed E-state index contributed by atoms with van der Waals surface area (Å²) in [6, 6.07) is 3.04. The van der Waals surface area contributed by atoms with Gasteiger partial charge in [-0.05, 0) is 28.4 Å². The Morgan fingerprint density at radius 2 is 2.24 bits per heavy atom. The molecule has 5 heteroatoms. The van der Waals surface area contributed by atoms with E-state index in [2.05, 4.69) is 15.9 Å². The third-order valence-electron chi connectivity index (χ3n) is 2.58. The second kappa shape index (κ2) is 6.36. The number of carbonyl (C=O) groups is 1. The van der Waals surface area contributed by atoms with Crippen molar-refractivity contribution in [2.75, 3.05) is 0 Å². The van der Waals surface area contributed by atoms with E-state index in [-0.39, 0.29) is 10.6 Å². The van der Waals surface area contributed by atoms with Crippen molar-refractivity contribution in [2.24, 2.45) is 0 Å². The molecule has 0 fully saturated rings. The second-order valence-electron chi connectivity index (χ2n) is 3.80. The Hall–Kier alpha value is -0.610. The van der Waals surface area contributed by atoms with Gasteiger partial charge in [0, 0.05) is 10.0 Å². The molecule has 0 aliphatic heterocycles. The third-order valence-corrected chi connectivity index (χ3v) is 3.84. The van der Waals surface area contributed by atoms with Crippen LogP contribution in [0.5, 0.6) is 0 Å². The van der Waals surface area contributed by atoms with E-state index < -0.39 is 17.7 Å². The number of carboxylic acids is 1. The van der Waals surface area contributed by atoms with Crippen molar-refractivity contribution in [3.63, 3.8) is 0 Å². The first-order valence-corrected chi connectivity index (χ1v) is 6.52. The van der Waals surface area contributed by atoms with Gasteiger partial charge >= 0.3 is 5.97 Å². The molecule has 0 heterocycles. The van der Waals surface area contributed by atoms with Gasteiger partial charge in [-0.1, -0.05) is 37.4 Å². The maximum atomic E-state index is 13.9. The predicted octanol–water partition coefficient (Wildman–Crippen LogP) is 4.60. The van der Waals surface area contributed by atoms with Gasteiger partial charge in [0.25, 0.3) is 0 Å². The normalized spacial score (nSPS) is 12.5. The van der Waals surface area contributed by atoms with Gasteiger partial charge in [0.15, 0.2) is 0 Å². The first-order chi connectivity index (χ1) is 7.99. The summed E-state index contributed by atoms with van der Waals surface area (Å²) in [7, 11) is 0. The zero-order valence-corrected chi connectivity index (χ0v) is 11.7. The summed E-state index contributed by atoms with van der Waals surface area (Å²) in [6.45, 7) is 1.96. The van der Waals surface area contributed by atoms with E-state index in [4.69, 9.17) is 16.7 Å². The van der Waals surface area contributed by atoms with Gasteiger partial charge in [-0.2, -0.15) is 0 Å². The molecular weight excluding hydrogens is 310 g/mol. The predicted molar refractivity (Wildman–Crippen MR) is 69.0 cm³/mol. The van der Waals surface area contributed by atoms with Crippen LogP contribution in [0.25, 0.3) is 0 Å². The van der Waals surface area contributed by atoms with Gasteiger partial charge in [0.05, 0.1) is 10.9 Å². The first-order valence-electron chi connectivity index (χ1n) is 5.35.